The van der Waals surface area contributed by atoms with Crippen LogP contribution in [0.3, 0.4) is 0 Å². The van der Waals surface area contributed by atoms with E-state index in [9.17, 15) is 14.7 Å². The molecule has 1 aliphatic heterocycles. The molecule has 1 aromatic carbocycles. The van der Waals surface area contributed by atoms with Crippen LogP contribution in [0.2, 0.25) is 0 Å². The molecule has 23 heavy (non-hydrogen) atoms. The van der Waals surface area contributed by atoms with Gasteiger partial charge in [-0.15, -0.1) is 0 Å². The number of aromatic hydroxyl groups is 1. The number of anilines is 1. The summed E-state index contributed by atoms with van der Waals surface area (Å²) in [5, 5.41) is 13.0. The fraction of sp³-hybridized carbons (Fsp3) is 0.188. The van der Waals surface area contributed by atoms with E-state index in [0.29, 0.717) is 11.2 Å². The van der Waals surface area contributed by atoms with Crippen LogP contribution in [-0.4, -0.2) is 27.8 Å². The van der Waals surface area contributed by atoms with Gasteiger partial charge in [0.1, 0.15) is 5.75 Å². The molecule has 0 unspecified atom stereocenters. The standard InChI is InChI=1S/C16H14N2O5/c1-16(2)22-14(20)12(15(21)23-16)8-17-10-4-3-9-5-11(19)7-18-13(9)6-10/h3-8,17,19H,1-2H3. The smallest absolute Gasteiger partial charge is 0.350 e. The van der Waals surface area contributed by atoms with Crippen molar-refractivity contribution in [2.24, 2.45) is 0 Å². The maximum atomic E-state index is 11.8. The van der Waals surface area contributed by atoms with Crippen molar-refractivity contribution in [3.63, 3.8) is 0 Å². The fourth-order valence-corrected chi connectivity index (χ4v) is 2.13. The van der Waals surface area contributed by atoms with Gasteiger partial charge in [-0.05, 0) is 18.2 Å². The minimum absolute atomic E-state index is 0.0793. The quantitative estimate of drug-likeness (QED) is 0.497. The summed E-state index contributed by atoms with van der Waals surface area (Å²) in [4.78, 5) is 27.7. The number of hydrogen-bond acceptors (Lipinski definition) is 7. The van der Waals surface area contributed by atoms with E-state index in [2.05, 4.69) is 10.3 Å². The van der Waals surface area contributed by atoms with Gasteiger partial charge in [0.15, 0.2) is 5.57 Å². The molecule has 7 nitrogen and oxygen atoms in total. The third-order valence-corrected chi connectivity index (χ3v) is 3.17. The summed E-state index contributed by atoms with van der Waals surface area (Å²) in [5.74, 6) is -2.68. The van der Waals surface area contributed by atoms with Gasteiger partial charge in [-0.1, -0.05) is 6.07 Å². The van der Waals surface area contributed by atoms with Crippen molar-refractivity contribution < 1.29 is 24.2 Å². The molecule has 0 bridgehead atoms. The molecule has 1 fully saturated rings. The number of hydrogen-bond donors (Lipinski definition) is 2. The van der Waals surface area contributed by atoms with Crippen LogP contribution in [-0.2, 0) is 19.1 Å². The molecule has 0 aliphatic carbocycles. The molecule has 2 aromatic rings. The first kappa shape index (κ1) is 14.8. The minimum Gasteiger partial charge on any atom is -0.506 e. The lowest BCUT2D eigenvalue weighted by Crippen LogP contribution is -2.42. The summed E-state index contributed by atoms with van der Waals surface area (Å²) in [6.07, 6.45) is 2.57. The van der Waals surface area contributed by atoms with Gasteiger partial charge in [0, 0.05) is 31.1 Å². The predicted octanol–water partition coefficient (Wildman–Crippen LogP) is 2.07. The monoisotopic (exact) mass is 314 g/mol. The molecule has 0 spiro atoms. The Bertz CT molecular complexity index is 819. The molecule has 2 heterocycles. The van der Waals surface area contributed by atoms with E-state index in [-0.39, 0.29) is 11.3 Å². The van der Waals surface area contributed by atoms with E-state index in [0.717, 1.165) is 5.39 Å². The molecular formula is C16H14N2O5. The van der Waals surface area contributed by atoms with E-state index in [1.807, 2.05) is 0 Å². The number of pyridine rings is 1. The molecule has 0 radical (unpaired) electrons. The zero-order chi connectivity index (χ0) is 16.6. The first-order chi connectivity index (χ1) is 10.8. The normalized spacial score (nSPS) is 16.7. The zero-order valence-electron chi connectivity index (χ0n) is 12.5. The van der Waals surface area contributed by atoms with Gasteiger partial charge < -0.3 is 19.9 Å². The van der Waals surface area contributed by atoms with Crippen molar-refractivity contribution in [3.8, 4) is 5.75 Å². The molecule has 3 rings (SSSR count). The molecule has 1 aromatic heterocycles. The number of nitrogens with zero attached hydrogens (tertiary/aromatic N) is 1. The van der Waals surface area contributed by atoms with Crippen molar-refractivity contribution in [3.05, 3.63) is 42.2 Å². The highest BCUT2D eigenvalue weighted by atomic mass is 16.7. The van der Waals surface area contributed by atoms with Crippen LogP contribution in [0.15, 0.2) is 42.2 Å². The number of carbonyl (C=O) groups excluding carboxylic acids is 2. The van der Waals surface area contributed by atoms with Crippen LogP contribution in [0.25, 0.3) is 10.9 Å². The minimum atomic E-state index is -1.26. The number of rotatable bonds is 2. The molecule has 118 valence electrons. The second-order valence-corrected chi connectivity index (χ2v) is 5.48. The molecule has 7 heteroatoms. The van der Waals surface area contributed by atoms with Gasteiger partial charge in [0.25, 0.3) is 5.79 Å². The lowest BCUT2D eigenvalue weighted by molar-refractivity contribution is -0.222. The van der Waals surface area contributed by atoms with Gasteiger partial charge in [-0.25, -0.2) is 9.59 Å². The maximum absolute atomic E-state index is 11.8. The van der Waals surface area contributed by atoms with E-state index in [1.54, 1.807) is 24.3 Å². The van der Waals surface area contributed by atoms with Crippen LogP contribution in [0.5, 0.6) is 5.75 Å². The van der Waals surface area contributed by atoms with Crippen molar-refractivity contribution in [2.45, 2.75) is 19.6 Å². The van der Waals surface area contributed by atoms with Crippen LogP contribution in [0.1, 0.15) is 13.8 Å². The second kappa shape index (κ2) is 5.28. The van der Waals surface area contributed by atoms with Crippen molar-refractivity contribution >= 4 is 28.5 Å². The summed E-state index contributed by atoms with van der Waals surface area (Å²) in [5.41, 5.74) is 1.05. The van der Waals surface area contributed by atoms with Gasteiger partial charge in [-0.2, -0.15) is 0 Å². The summed E-state index contributed by atoms with van der Waals surface area (Å²) in [6, 6.07) is 6.78. The summed E-state index contributed by atoms with van der Waals surface area (Å²) >= 11 is 0. The molecule has 1 aliphatic rings. The zero-order valence-corrected chi connectivity index (χ0v) is 12.5. The van der Waals surface area contributed by atoms with Crippen LogP contribution < -0.4 is 5.32 Å². The highest BCUT2D eigenvalue weighted by molar-refractivity contribution is 6.15. The second-order valence-electron chi connectivity index (χ2n) is 5.48. The number of cyclic esters (lactones) is 2. The Hall–Kier alpha value is -3.09. The number of fused-ring (bicyclic) bond motifs is 1. The van der Waals surface area contributed by atoms with Gasteiger partial charge >= 0.3 is 11.9 Å². The number of ether oxygens (including phenoxy) is 2. The molecule has 0 amide bonds. The molecule has 0 saturated carbocycles. The largest absolute Gasteiger partial charge is 0.506 e. The number of aromatic nitrogens is 1. The van der Waals surface area contributed by atoms with Crippen molar-refractivity contribution in [2.75, 3.05) is 5.32 Å². The first-order valence-corrected chi connectivity index (χ1v) is 6.86. The van der Waals surface area contributed by atoms with Crippen LogP contribution >= 0.6 is 0 Å². The lowest BCUT2D eigenvalue weighted by atomic mass is 10.2. The Kier molecular flexibility index (Phi) is 3.40. The molecule has 1 saturated heterocycles. The van der Waals surface area contributed by atoms with Crippen LogP contribution in [0, 0.1) is 0 Å². The van der Waals surface area contributed by atoms with E-state index < -0.39 is 17.7 Å². The van der Waals surface area contributed by atoms with E-state index >= 15 is 0 Å². The van der Waals surface area contributed by atoms with Gasteiger partial charge in [0.2, 0.25) is 0 Å². The van der Waals surface area contributed by atoms with Gasteiger partial charge in [0.05, 0.1) is 11.7 Å². The highest BCUT2D eigenvalue weighted by Gasteiger charge is 2.38. The third-order valence-electron chi connectivity index (χ3n) is 3.17. The number of esters is 2. The average molecular weight is 314 g/mol. The maximum Gasteiger partial charge on any atom is 0.350 e. The van der Waals surface area contributed by atoms with Gasteiger partial charge in [-0.3, -0.25) is 4.98 Å². The molecular weight excluding hydrogens is 300 g/mol. The van der Waals surface area contributed by atoms with Crippen LogP contribution in [0.4, 0.5) is 5.69 Å². The van der Waals surface area contributed by atoms with E-state index in [4.69, 9.17) is 9.47 Å². The summed E-state index contributed by atoms with van der Waals surface area (Å²) in [7, 11) is 0. The fourth-order valence-electron chi connectivity index (χ4n) is 2.13. The number of carbonyl (C=O) groups is 2. The van der Waals surface area contributed by atoms with Crippen molar-refractivity contribution in [1.29, 1.82) is 0 Å². The predicted molar refractivity (Wildman–Crippen MR) is 81.4 cm³/mol. The lowest BCUT2D eigenvalue weighted by Gasteiger charge is -2.29. The first-order valence-electron chi connectivity index (χ1n) is 6.86. The van der Waals surface area contributed by atoms with Crippen molar-refractivity contribution in [1.82, 2.24) is 4.98 Å². The SMILES string of the molecule is CC1(C)OC(=O)C(=CNc2ccc3cc(O)cnc3c2)C(=O)O1. The average Bonchev–Trinajstić information content (AvgIpc) is 2.45. The Morgan fingerprint density at radius 1 is 1.17 bits per heavy atom. The number of benzene rings is 1. The topological polar surface area (TPSA) is 97.8 Å². The summed E-state index contributed by atoms with van der Waals surface area (Å²) < 4.78 is 10.00. The Balaban J connectivity index is 1.83. The van der Waals surface area contributed by atoms with E-state index in [1.165, 1.54) is 26.2 Å². The summed E-state index contributed by atoms with van der Waals surface area (Å²) in [6.45, 7) is 2.97. The third kappa shape index (κ3) is 3.08. The Morgan fingerprint density at radius 3 is 2.57 bits per heavy atom. The molecule has 2 N–H and O–H groups in total. The Labute approximate surface area is 131 Å². The highest BCUT2D eigenvalue weighted by Crippen LogP contribution is 2.24. The molecule has 0 atom stereocenters. The number of nitrogens with one attached hydrogen (secondary N) is 1. The Morgan fingerprint density at radius 2 is 1.87 bits per heavy atom.